The monoisotopic (exact) mass is 318 g/mol. The second-order valence-corrected chi connectivity index (χ2v) is 5.22. The molecule has 0 aromatic rings. The Kier molecular flexibility index (Phi) is 8.81. The van der Waals surface area contributed by atoms with Gasteiger partial charge in [0, 0.05) is 0 Å². The van der Waals surface area contributed by atoms with E-state index in [2.05, 4.69) is 0 Å². The number of hydrogen-bond acceptors (Lipinski definition) is 4. The van der Waals surface area contributed by atoms with Gasteiger partial charge in [-0.1, -0.05) is 19.8 Å². The Morgan fingerprint density at radius 3 is 1.64 bits per heavy atom. The highest BCUT2D eigenvalue weighted by Gasteiger charge is 2.31. The van der Waals surface area contributed by atoms with Gasteiger partial charge in [-0.15, -0.1) is 0 Å². The van der Waals surface area contributed by atoms with Crippen molar-refractivity contribution in [1.82, 2.24) is 0 Å². The van der Waals surface area contributed by atoms with Crippen molar-refractivity contribution >= 4 is 23.9 Å². The zero-order valence-corrected chi connectivity index (χ0v) is 12.4. The van der Waals surface area contributed by atoms with Crippen LogP contribution in [-0.4, -0.2) is 44.3 Å². The smallest absolute Gasteiger partial charge is 0.307 e. The van der Waals surface area contributed by atoms with Gasteiger partial charge < -0.3 is 20.4 Å². The number of carboxylic acid groups (broad SMARTS) is 4. The second kappa shape index (κ2) is 9.75. The van der Waals surface area contributed by atoms with E-state index >= 15 is 0 Å². The van der Waals surface area contributed by atoms with Crippen molar-refractivity contribution in [2.75, 3.05) is 0 Å². The molecule has 4 N–H and O–H groups in total. The maximum atomic E-state index is 11.2. The molecule has 0 aliphatic rings. The molecule has 0 rings (SSSR count). The van der Waals surface area contributed by atoms with Crippen LogP contribution >= 0.6 is 0 Å². The summed E-state index contributed by atoms with van der Waals surface area (Å²) in [7, 11) is 0. The van der Waals surface area contributed by atoms with Crippen molar-refractivity contribution in [3.05, 3.63) is 0 Å². The summed E-state index contributed by atoms with van der Waals surface area (Å²) < 4.78 is 0. The summed E-state index contributed by atoms with van der Waals surface area (Å²) >= 11 is 0. The van der Waals surface area contributed by atoms with Gasteiger partial charge in [0.15, 0.2) is 0 Å². The predicted molar refractivity (Wildman–Crippen MR) is 74.4 cm³/mol. The van der Waals surface area contributed by atoms with Crippen LogP contribution in [0.1, 0.15) is 45.4 Å². The lowest BCUT2D eigenvalue weighted by Crippen LogP contribution is -2.29. The largest absolute Gasteiger partial charge is 0.481 e. The van der Waals surface area contributed by atoms with Crippen molar-refractivity contribution in [2.45, 2.75) is 45.4 Å². The first-order valence-electron chi connectivity index (χ1n) is 7.10. The van der Waals surface area contributed by atoms with E-state index in [1.54, 1.807) is 6.92 Å². The van der Waals surface area contributed by atoms with E-state index < -0.39 is 48.1 Å². The fourth-order valence-corrected chi connectivity index (χ4v) is 2.41. The molecule has 0 saturated carbocycles. The third kappa shape index (κ3) is 7.05. The highest BCUT2D eigenvalue weighted by Crippen LogP contribution is 2.24. The van der Waals surface area contributed by atoms with Crippen LogP contribution in [0.4, 0.5) is 0 Å². The molecule has 0 radical (unpaired) electrons. The van der Waals surface area contributed by atoms with E-state index in [0.29, 0.717) is 12.8 Å². The standard InChI is InChI=1S/C14H22O8/c1-2-9(13(19)20)10(14(21)22)6-4-3-5-8(12(17)18)7-11(15)16/h8-10H,2-7H2,1H3,(H,15,16)(H,17,18)(H,19,20)(H,21,22). The summed E-state index contributed by atoms with van der Waals surface area (Å²) in [5, 5.41) is 35.6. The third-order valence-electron chi connectivity index (χ3n) is 3.65. The van der Waals surface area contributed by atoms with Crippen molar-refractivity contribution in [3.63, 3.8) is 0 Å². The summed E-state index contributed by atoms with van der Waals surface area (Å²) in [4.78, 5) is 43.6. The molecule has 3 atom stereocenters. The van der Waals surface area contributed by atoms with E-state index in [-0.39, 0.29) is 19.3 Å². The van der Waals surface area contributed by atoms with Gasteiger partial charge in [0.25, 0.3) is 0 Å². The van der Waals surface area contributed by atoms with Gasteiger partial charge in [0.05, 0.1) is 24.2 Å². The summed E-state index contributed by atoms with van der Waals surface area (Å²) in [6.45, 7) is 1.60. The van der Waals surface area contributed by atoms with Crippen LogP contribution in [0.5, 0.6) is 0 Å². The molecule has 3 unspecified atom stereocenters. The van der Waals surface area contributed by atoms with Crippen molar-refractivity contribution < 1.29 is 39.6 Å². The van der Waals surface area contributed by atoms with Crippen LogP contribution in [0, 0.1) is 17.8 Å². The Morgan fingerprint density at radius 2 is 1.27 bits per heavy atom. The minimum absolute atomic E-state index is 0.123. The molecule has 0 amide bonds. The molecule has 0 aromatic carbocycles. The molecule has 126 valence electrons. The molecule has 8 heteroatoms. The Morgan fingerprint density at radius 1 is 0.773 bits per heavy atom. The van der Waals surface area contributed by atoms with E-state index in [1.807, 2.05) is 0 Å². The first-order valence-corrected chi connectivity index (χ1v) is 7.10. The lowest BCUT2D eigenvalue weighted by atomic mass is 9.85. The van der Waals surface area contributed by atoms with Gasteiger partial charge in [-0.3, -0.25) is 19.2 Å². The van der Waals surface area contributed by atoms with Gasteiger partial charge in [-0.2, -0.15) is 0 Å². The molecule has 8 nitrogen and oxygen atoms in total. The lowest BCUT2D eigenvalue weighted by Gasteiger charge is -2.19. The number of hydrogen-bond donors (Lipinski definition) is 4. The zero-order valence-electron chi connectivity index (χ0n) is 12.4. The highest BCUT2D eigenvalue weighted by molar-refractivity contribution is 5.80. The summed E-state index contributed by atoms with van der Waals surface area (Å²) in [6, 6.07) is 0. The first-order chi connectivity index (χ1) is 10.2. The molecular weight excluding hydrogens is 296 g/mol. The van der Waals surface area contributed by atoms with Crippen LogP contribution in [0.15, 0.2) is 0 Å². The maximum absolute atomic E-state index is 11.2. The van der Waals surface area contributed by atoms with Gasteiger partial charge in [0.1, 0.15) is 0 Å². The summed E-state index contributed by atoms with van der Waals surface area (Å²) in [5.74, 6) is -7.76. The Labute approximate surface area is 127 Å². The van der Waals surface area contributed by atoms with Gasteiger partial charge in [0.2, 0.25) is 0 Å². The molecule has 0 spiro atoms. The molecule has 0 aromatic heterocycles. The predicted octanol–water partition coefficient (Wildman–Crippen LogP) is 1.53. The summed E-state index contributed by atoms with van der Waals surface area (Å²) in [5.41, 5.74) is 0. The number of carbonyl (C=O) groups is 4. The highest BCUT2D eigenvalue weighted by atomic mass is 16.4. The van der Waals surface area contributed by atoms with E-state index in [0.717, 1.165) is 0 Å². The van der Waals surface area contributed by atoms with Gasteiger partial charge in [-0.25, -0.2) is 0 Å². The van der Waals surface area contributed by atoms with E-state index in [9.17, 15) is 19.2 Å². The molecule has 0 bridgehead atoms. The lowest BCUT2D eigenvalue weighted by molar-refractivity contribution is -0.154. The fourth-order valence-electron chi connectivity index (χ4n) is 2.41. The molecule has 0 aliphatic carbocycles. The van der Waals surface area contributed by atoms with Crippen LogP contribution in [-0.2, 0) is 19.2 Å². The van der Waals surface area contributed by atoms with Gasteiger partial charge in [-0.05, 0) is 19.3 Å². The minimum atomic E-state index is -1.20. The zero-order chi connectivity index (χ0) is 17.3. The van der Waals surface area contributed by atoms with Crippen LogP contribution in [0.25, 0.3) is 0 Å². The molecular formula is C14H22O8. The molecule has 22 heavy (non-hydrogen) atoms. The van der Waals surface area contributed by atoms with Crippen LogP contribution in [0.2, 0.25) is 0 Å². The van der Waals surface area contributed by atoms with E-state index in [1.165, 1.54) is 0 Å². The number of rotatable bonds is 12. The number of aliphatic carboxylic acids is 4. The first kappa shape index (κ1) is 19.9. The van der Waals surface area contributed by atoms with Crippen LogP contribution in [0.3, 0.4) is 0 Å². The maximum Gasteiger partial charge on any atom is 0.307 e. The average molecular weight is 318 g/mol. The SMILES string of the molecule is CCC(C(=O)O)C(CCCCC(CC(=O)O)C(=O)O)C(=O)O. The number of unbranched alkanes of at least 4 members (excludes halogenated alkanes) is 1. The topological polar surface area (TPSA) is 149 Å². The Balaban J connectivity index is 4.45. The van der Waals surface area contributed by atoms with Crippen molar-refractivity contribution in [2.24, 2.45) is 17.8 Å². The van der Waals surface area contributed by atoms with Crippen LogP contribution < -0.4 is 0 Å². The third-order valence-corrected chi connectivity index (χ3v) is 3.65. The van der Waals surface area contributed by atoms with Crippen molar-refractivity contribution in [3.8, 4) is 0 Å². The fraction of sp³-hybridized carbons (Fsp3) is 0.714. The molecule has 0 heterocycles. The average Bonchev–Trinajstić information content (AvgIpc) is 2.39. The quantitative estimate of drug-likeness (QED) is 0.396. The normalized spacial score (nSPS) is 14.8. The second-order valence-electron chi connectivity index (χ2n) is 5.22. The van der Waals surface area contributed by atoms with E-state index in [4.69, 9.17) is 20.4 Å². The summed E-state index contributed by atoms with van der Waals surface area (Å²) in [6.07, 6.45) is 0.638. The Bertz CT molecular complexity index is 417. The number of carboxylic acids is 4. The molecule has 0 aliphatic heterocycles. The van der Waals surface area contributed by atoms with Gasteiger partial charge >= 0.3 is 23.9 Å². The molecule has 0 saturated heterocycles. The molecule has 0 fully saturated rings. The minimum Gasteiger partial charge on any atom is -0.481 e. The van der Waals surface area contributed by atoms with Crippen molar-refractivity contribution in [1.29, 1.82) is 0 Å². The Hall–Kier alpha value is -2.12.